The highest BCUT2D eigenvalue weighted by atomic mass is 16.2. The quantitative estimate of drug-likeness (QED) is 0.543. The maximum absolute atomic E-state index is 13.7. The van der Waals surface area contributed by atoms with Gasteiger partial charge in [-0.1, -0.05) is 70.5 Å². The topological polar surface area (TPSA) is 20.3 Å². The summed E-state index contributed by atoms with van der Waals surface area (Å²) < 4.78 is 0. The Labute approximate surface area is 183 Å². The summed E-state index contributed by atoms with van der Waals surface area (Å²) in [7, 11) is 0. The molecule has 30 heavy (non-hydrogen) atoms. The number of likely N-dealkylation sites (tertiary alicyclic amines) is 1. The summed E-state index contributed by atoms with van der Waals surface area (Å²) in [6.07, 6.45) is 11.2. The predicted molar refractivity (Wildman–Crippen MR) is 123 cm³/mol. The molecule has 1 aromatic carbocycles. The third kappa shape index (κ3) is 2.93. The van der Waals surface area contributed by atoms with Crippen LogP contribution in [0.1, 0.15) is 71.8 Å². The van der Waals surface area contributed by atoms with Crippen LogP contribution >= 0.6 is 0 Å². The maximum atomic E-state index is 13.7. The van der Waals surface area contributed by atoms with Gasteiger partial charge >= 0.3 is 0 Å². The van der Waals surface area contributed by atoms with Crippen molar-refractivity contribution >= 4 is 5.91 Å². The molecule has 1 heterocycles. The van der Waals surface area contributed by atoms with Gasteiger partial charge in [-0.05, 0) is 77.7 Å². The second-order valence-corrected chi connectivity index (χ2v) is 11.9. The van der Waals surface area contributed by atoms with Crippen LogP contribution in [0.15, 0.2) is 42.0 Å². The summed E-state index contributed by atoms with van der Waals surface area (Å²) in [6, 6.07) is 10.6. The highest BCUT2D eigenvalue weighted by Gasteiger charge is 2.63. The molecule has 0 spiro atoms. The van der Waals surface area contributed by atoms with Crippen LogP contribution in [-0.2, 0) is 11.2 Å². The summed E-state index contributed by atoms with van der Waals surface area (Å²) in [4.78, 5) is 15.9. The fourth-order valence-corrected chi connectivity index (χ4v) is 8.56. The van der Waals surface area contributed by atoms with E-state index in [4.69, 9.17) is 0 Å². The lowest BCUT2D eigenvalue weighted by molar-refractivity contribution is -0.157. The van der Waals surface area contributed by atoms with E-state index in [0.29, 0.717) is 22.7 Å². The lowest BCUT2D eigenvalue weighted by Gasteiger charge is -2.64. The zero-order valence-electron chi connectivity index (χ0n) is 19.4. The molecule has 5 rings (SSSR count). The first-order valence-electron chi connectivity index (χ1n) is 12.3. The monoisotopic (exact) mass is 405 g/mol. The van der Waals surface area contributed by atoms with E-state index in [2.05, 4.69) is 69.0 Å². The molecular weight excluding hydrogens is 366 g/mol. The molecule has 5 atom stereocenters. The Morgan fingerprint density at radius 1 is 0.967 bits per heavy atom. The van der Waals surface area contributed by atoms with Gasteiger partial charge < -0.3 is 4.90 Å². The molecule has 2 heteroatoms. The van der Waals surface area contributed by atoms with Gasteiger partial charge in [0.2, 0.25) is 5.91 Å². The van der Waals surface area contributed by atoms with E-state index in [1.54, 1.807) is 0 Å². The van der Waals surface area contributed by atoms with Crippen LogP contribution in [0.4, 0.5) is 0 Å². The number of carbonyl (C=O) groups excluding carboxylic acids is 1. The Morgan fingerprint density at radius 2 is 1.73 bits per heavy atom. The van der Waals surface area contributed by atoms with E-state index < -0.39 is 0 Å². The Balaban J connectivity index is 1.39. The van der Waals surface area contributed by atoms with E-state index in [9.17, 15) is 4.79 Å². The number of hydrogen-bond donors (Lipinski definition) is 0. The van der Waals surface area contributed by atoms with Crippen molar-refractivity contribution in [1.82, 2.24) is 4.90 Å². The van der Waals surface area contributed by atoms with E-state index in [-0.39, 0.29) is 11.3 Å². The first-order chi connectivity index (χ1) is 14.3. The minimum atomic E-state index is 0.134. The van der Waals surface area contributed by atoms with Gasteiger partial charge in [-0.15, -0.1) is 0 Å². The lowest BCUT2D eigenvalue weighted by atomic mass is 9.40. The predicted octanol–water partition coefficient (Wildman–Crippen LogP) is 6.27. The Bertz CT molecular complexity index is 855. The van der Waals surface area contributed by atoms with E-state index in [1.165, 1.54) is 49.7 Å². The number of hydrogen-bond acceptors (Lipinski definition) is 1. The number of fused-ring (bicyclic) bond motifs is 5. The molecule has 1 aromatic rings. The molecule has 1 amide bonds. The molecule has 4 aliphatic rings. The van der Waals surface area contributed by atoms with Crippen molar-refractivity contribution in [1.29, 1.82) is 0 Å². The fraction of sp³-hybridized carbons (Fsp3) is 0.679. The third-order valence-corrected chi connectivity index (χ3v) is 9.93. The zero-order valence-corrected chi connectivity index (χ0v) is 19.4. The molecule has 0 radical (unpaired) electrons. The average molecular weight is 406 g/mol. The van der Waals surface area contributed by atoms with Crippen LogP contribution in [-0.4, -0.2) is 23.9 Å². The number of rotatable bonds is 3. The molecule has 1 aliphatic heterocycles. The second kappa shape index (κ2) is 6.97. The Kier molecular flexibility index (Phi) is 4.73. The Morgan fingerprint density at radius 3 is 2.50 bits per heavy atom. The molecular formula is C28H39NO. The fourth-order valence-electron chi connectivity index (χ4n) is 8.56. The first-order valence-corrected chi connectivity index (χ1v) is 12.3. The normalized spacial score (nSPS) is 39.7. The van der Waals surface area contributed by atoms with Crippen LogP contribution in [0.2, 0.25) is 0 Å². The van der Waals surface area contributed by atoms with Gasteiger partial charge in [0.25, 0.3) is 0 Å². The number of benzene rings is 1. The number of carbonyl (C=O) groups is 1. The third-order valence-electron chi connectivity index (χ3n) is 9.93. The molecule has 0 N–H and O–H groups in total. The highest BCUT2D eigenvalue weighted by Crippen LogP contribution is 2.68. The first kappa shape index (κ1) is 20.3. The van der Waals surface area contributed by atoms with Gasteiger partial charge in [-0.25, -0.2) is 0 Å². The largest absolute Gasteiger partial charge is 0.338 e. The zero-order chi connectivity index (χ0) is 21.1. The van der Waals surface area contributed by atoms with Crippen molar-refractivity contribution in [3.05, 3.63) is 47.5 Å². The summed E-state index contributed by atoms with van der Waals surface area (Å²) in [6.45, 7) is 11.8. The maximum Gasteiger partial charge on any atom is 0.230 e. The lowest BCUT2D eigenvalue weighted by Crippen LogP contribution is -2.58. The molecule has 2 nitrogen and oxygen atoms in total. The van der Waals surface area contributed by atoms with Crippen LogP contribution in [0, 0.1) is 34.0 Å². The van der Waals surface area contributed by atoms with Gasteiger partial charge in [-0.3, -0.25) is 4.79 Å². The molecule has 0 aromatic heterocycles. The van der Waals surface area contributed by atoms with E-state index in [0.717, 1.165) is 25.4 Å². The van der Waals surface area contributed by atoms with Gasteiger partial charge in [0.15, 0.2) is 0 Å². The van der Waals surface area contributed by atoms with Crippen molar-refractivity contribution in [3.63, 3.8) is 0 Å². The van der Waals surface area contributed by atoms with Crippen molar-refractivity contribution in [2.75, 3.05) is 13.1 Å². The summed E-state index contributed by atoms with van der Waals surface area (Å²) in [5.41, 5.74) is 3.73. The summed E-state index contributed by atoms with van der Waals surface area (Å²) in [5.74, 6) is 2.00. The molecule has 0 unspecified atom stereocenters. The van der Waals surface area contributed by atoms with Gasteiger partial charge in [-0.2, -0.15) is 0 Å². The summed E-state index contributed by atoms with van der Waals surface area (Å²) >= 11 is 0. The minimum Gasteiger partial charge on any atom is -0.338 e. The SMILES string of the molecule is CC1(C)CCC[C@]2(C)[C@H]3CC=C4CN(CCc5ccccc5)C(=O)[C@H]4[C@]3(C)CC[C@@H]12. The van der Waals surface area contributed by atoms with Crippen LogP contribution < -0.4 is 0 Å². The number of amides is 1. The van der Waals surface area contributed by atoms with Crippen molar-refractivity contribution in [3.8, 4) is 0 Å². The van der Waals surface area contributed by atoms with Crippen molar-refractivity contribution in [2.24, 2.45) is 34.0 Å². The second-order valence-electron chi connectivity index (χ2n) is 11.9. The van der Waals surface area contributed by atoms with E-state index >= 15 is 0 Å². The molecule has 1 saturated heterocycles. The standard InChI is InChI=1S/C28H39NO/c1-26(2)15-8-16-27(3)22(26)13-17-28(4)23(27)12-11-21-19-29(25(30)24(21)28)18-14-20-9-6-5-7-10-20/h5-7,9-11,22-24H,8,12-19H2,1-4H3/t22-,23+,24-,27-,28+/m0/s1. The molecule has 3 aliphatic carbocycles. The number of allylic oxidation sites excluding steroid dienone is 1. The van der Waals surface area contributed by atoms with Crippen LogP contribution in [0.5, 0.6) is 0 Å². The van der Waals surface area contributed by atoms with Gasteiger partial charge in [0.05, 0.1) is 5.92 Å². The van der Waals surface area contributed by atoms with Gasteiger partial charge in [0, 0.05) is 13.1 Å². The van der Waals surface area contributed by atoms with Crippen LogP contribution in [0.25, 0.3) is 0 Å². The molecule has 3 fully saturated rings. The van der Waals surface area contributed by atoms with Gasteiger partial charge in [0.1, 0.15) is 0 Å². The number of nitrogens with zero attached hydrogens (tertiary/aromatic N) is 1. The average Bonchev–Trinajstić information content (AvgIpc) is 3.03. The molecule has 162 valence electrons. The highest BCUT2D eigenvalue weighted by molar-refractivity contribution is 5.86. The Hall–Kier alpha value is -1.57. The van der Waals surface area contributed by atoms with E-state index in [1.807, 2.05) is 0 Å². The summed E-state index contributed by atoms with van der Waals surface area (Å²) in [5, 5.41) is 0. The molecule has 2 saturated carbocycles. The van der Waals surface area contributed by atoms with Crippen molar-refractivity contribution in [2.45, 2.75) is 72.6 Å². The minimum absolute atomic E-state index is 0.134. The van der Waals surface area contributed by atoms with Crippen LogP contribution in [0.3, 0.4) is 0 Å². The van der Waals surface area contributed by atoms with Crippen molar-refractivity contribution < 1.29 is 4.79 Å². The smallest absolute Gasteiger partial charge is 0.230 e. The molecule has 0 bridgehead atoms.